The van der Waals surface area contributed by atoms with Gasteiger partial charge in [-0.2, -0.15) is 0 Å². The fraction of sp³-hybridized carbons (Fsp3) is 0.897. The van der Waals surface area contributed by atoms with Crippen molar-refractivity contribution in [3.05, 3.63) is 22.8 Å². The molecule has 1 N–H and O–H groups in total. The number of carbonyl (C=O) groups is 1. The highest BCUT2D eigenvalue weighted by Gasteiger charge is 2.53. The van der Waals surface area contributed by atoms with Crippen LogP contribution >= 0.6 is 45.2 Å². The van der Waals surface area contributed by atoms with E-state index in [1.807, 2.05) is 0 Å². The Balaban J connectivity index is 0.000000222. The maximum atomic E-state index is 11.3. The van der Waals surface area contributed by atoms with Crippen molar-refractivity contribution in [2.75, 3.05) is 35.7 Å². The van der Waals surface area contributed by atoms with Gasteiger partial charge >= 0.3 is 5.97 Å². The van der Waals surface area contributed by atoms with E-state index in [9.17, 15) is 4.79 Å². The monoisotopic (exact) mass is 786 g/mol. The highest BCUT2D eigenvalue weighted by Crippen LogP contribution is 2.45. The normalized spacial score (nSPS) is 36.4. The topological polar surface area (TPSA) is 92.2 Å². The van der Waals surface area contributed by atoms with Crippen molar-refractivity contribution in [3.63, 3.8) is 0 Å². The number of rotatable bonds is 12. The number of alkyl halides is 2. The lowest BCUT2D eigenvalue weighted by Crippen LogP contribution is -2.49. The molecule has 0 aromatic heterocycles. The number of ether oxygens (including phenoxy) is 5. The van der Waals surface area contributed by atoms with Crippen molar-refractivity contribution in [3.8, 4) is 0 Å². The minimum atomic E-state index is -0.230. The zero-order chi connectivity index (χ0) is 29.0. The van der Waals surface area contributed by atoms with Gasteiger partial charge in [0.1, 0.15) is 11.2 Å². The summed E-state index contributed by atoms with van der Waals surface area (Å²) in [7, 11) is 1.41. The molecule has 0 aromatic carbocycles. The van der Waals surface area contributed by atoms with E-state index in [-0.39, 0.29) is 60.4 Å². The summed E-state index contributed by atoms with van der Waals surface area (Å²) in [6.45, 7) is 15.1. The first-order valence-corrected chi connectivity index (χ1v) is 17.5. The number of aliphatic hydroxyl groups is 1. The SMILES string of the molecule is [C-]#[N+]CC[C@H]1CC[C@@H]2O[C@@H](CCC(=O)OC)C[C@]2(CI)O1.[C-]#[N+]CC[C@H]1CC[C@@H]2O[C@@H](CCCO)C[C@]2(CI)O1. The Morgan fingerprint density at radius 1 is 0.850 bits per heavy atom. The molecule has 4 fully saturated rings. The Kier molecular flexibility index (Phi) is 14.6. The number of hydrogen-bond acceptors (Lipinski definition) is 7. The number of halogens is 2. The molecule has 0 amide bonds. The molecule has 4 heterocycles. The molecule has 40 heavy (non-hydrogen) atoms. The average molecular weight is 786 g/mol. The number of methoxy groups -OCH3 is 1. The third-order valence-corrected chi connectivity index (χ3v) is 11.1. The van der Waals surface area contributed by atoms with E-state index >= 15 is 0 Å². The molecule has 9 nitrogen and oxygen atoms in total. The molecule has 11 heteroatoms. The molecule has 226 valence electrons. The molecule has 0 spiro atoms. The lowest BCUT2D eigenvalue weighted by Gasteiger charge is -2.40. The lowest BCUT2D eigenvalue weighted by molar-refractivity contribution is -0.152. The van der Waals surface area contributed by atoms with Gasteiger partial charge in [-0.05, 0) is 44.9 Å². The standard InChI is InChI=1S/C15H22INO4.C14H22INO3/c1-17-8-7-11-3-5-13-15(10-16,21-11)9-12(20-13)4-6-14(18)19-2;1-16-7-6-11-4-5-13-14(10-15,19-11)9-12(18-13)3-2-8-17/h11-13H,3-10H2,2H3;11-13,17H,2-10H2/t11-,12+,13+,15-;11-,12+,13+,14-/m11/s1. The summed E-state index contributed by atoms with van der Waals surface area (Å²) in [5.74, 6) is -0.187. The van der Waals surface area contributed by atoms with Crippen LogP contribution in [-0.2, 0) is 28.5 Å². The van der Waals surface area contributed by atoms with Crippen molar-refractivity contribution >= 4 is 51.2 Å². The van der Waals surface area contributed by atoms with Crippen LogP contribution in [-0.4, -0.2) is 94.6 Å². The summed E-state index contributed by atoms with van der Waals surface area (Å²) < 4.78 is 31.4. The predicted molar refractivity (Wildman–Crippen MR) is 168 cm³/mol. The maximum Gasteiger partial charge on any atom is 0.305 e. The molecule has 0 aromatic rings. The first-order chi connectivity index (χ1) is 19.4. The number of fused-ring (bicyclic) bond motifs is 2. The molecule has 0 bridgehead atoms. The maximum absolute atomic E-state index is 11.3. The van der Waals surface area contributed by atoms with E-state index in [0.29, 0.717) is 25.9 Å². The molecule has 4 rings (SSSR count). The van der Waals surface area contributed by atoms with Crippen LogP contribution in [0.3, 0.4) is 0 Å². The second-order valence-electron chi connectivity index (χ2n) is 11.3. The van der Waals surface area contributed by atoms with E-state index in [1.54, 1.807) is 0 Å². The molecule has 4 saturated heterocycles. The van der Waals surface area contributed by atoms with Crippen LogP contribution in [0.2, 0.25) is 0 Å². The molecule has 8 atom stereocenters. The molecule has 0 unspecified atom stereocenters. The zero-order valence-corrected chi connectivity index (χ0v) is 27.8. The molecular weight excluding hydrogens is 742 g/mol. The van der Waals surface area contributed by atoms with Crippen LogP contribution in [0.1, 0.15) is 77.0 Å². The summed E-state index contributed by atoms with van der Waals surface area (Å²) in [4.78, 5) is 18.1. The van der Waals surface area contributed by atoms with Crippen LogP contribution in [0.5, 0.6) is 0 Å². The summed E-state index contributed by atoms with van der Waals surface area (Å²) >= 11 is 4.76. The second-order valence-corrected chi connectivity index (χ2v) is 12.8. The number of esters is 1. The number of aliphatic hydroxyl groups excluding tert-OH is 1. The van der Waals surface area contributed by atoms with Gasteiger partial charge in [0.05, 0.1) is 43.7 Å². The van der Waals surface area contributed by atoms with E-state index in [0.717, 1.165) is 73.1 Å². The average Bonchev–Trinajstić information content (AvgIpc) is 3.55. The van der Waals surface area contributed by atoms with Crippen LogP contribution < -0.4 is 0 Å². The van der Waals surface area contributed by atoms with E-state index < -0.39 is 0 Å². The Labute approximate surface area is 266 Å². The fourth-order valence-corrected chi connectivity index (χ4v) is 8.38. The first kappa shape index (κ1) is 34.2. The summed E-state index contributed by atoms with van der Waals surface area (Å²) in [5.41, 5.74) is -0.377. The van der Waals surface area contributed by atoms with Gasteiger partial charge in [0, 0.05) is 47.6 Å². The van der Waals surface area contributed by atoms with Crippen molar-refractivity contribution in [1.82, 2.24) is 0 Å². The van der Waals surface area contributed by atoms with Gasteiger partial charge in [0.25, 0.3) is 0 Å². The van der Waals surface area contributed by atoms with Crippen molar-refractivity contribution in [2.45, 2.75) is 125 Å². The molecule has 0 radical (unpaired) electrons. The minimum Gasteiger partial charge on any atom is -0.469 e. The molecule has 4 aliphatic heterocycles. The van der Waals surface area contributed by atoms with Crippen LogP contribution in [0.15, 0.2) is 0 Å². The van der Waals surface area contributed by atoms with Gasteiger partial charge in [-0.15, -0.1) is 0 Å². The fourth-order valence-electron chi connectivity index (χ4n) is 6.42. The molecule has 4 aliphatic rings. The van der Waals surface area contributed by atoms with Gasteiger partial charge in [0.2, 0.25) is 13.1 Å². The van der Waals surface area contributed by atoms with E-state index in [4.69, 9.17) is 37.2 Å². The second kappa shape index (κ2) is 17.1. The smallest absolute Gasteiger partial charge is 0.305 e. The Hall–Kier alpha value is -0.290. The quantitative estimate of drug-likeness (QED) is 0.124. The van der Waals surface area contributed by atoms with Gasteiger partial charge in [0.15, 0.2) is 0 Å². The van der Waals surface area contributed by atoms with Crippen molar-refractivity contribution < 1.29 is 33.6 Å². The first-order valence-electron chi connectivity index (χ1n) is 14.5. The van der Waals surface area contributed by atoms with Gasteiger partial charge < -0.3 is 38.5 Å². The Morgan fingerprint density at radius 3 is 1.77 bits per heavy atom. The predicted octanol–water partition coefficient (Wildman–Crippen LogP) is 5.34. The van der Waals surface area contributed by atoms with Crippen molar-refractivity contribution in [2.24, 2.45) is 0 Å². The van der Waals surface area contributed by atoms with Gasteiger partial charge in [-0.1, -0.05) is 45.2 Å². The Morgan fingerprint density at radius 2 is 1.35 bits per heavy atom. The van der Waals surface area contributed by atoms with Gasteiger partial charge in [-0.25, -0.2) is 13.1 Å². The van der Waals surface area contributed by atoms with Crippen LogP contribution in [0.4, 0.5) is 0 Å². The van der Waals surface area contributed by atoms with Crippen LogP contribution in [0.25, 0.3) is 9.69 Å². The third-order valence-electron chi connectivity index (χ3n) is 8.50. The van der Waals surface area contributed by atoms with Gasteiger partial charge in [-0.3, -0.25) is 4.79 Å². The summed E-state index contributed by atoms with van der Waals surface area (Å²) in [6.07, 6.45) is 11.3. The molecule has 0 aliphatic carbocycles. The molecular formula is C29H44I2N2O7. The lowest BCUT2D eigenvalue weighted by atomic mass is 9.87. The Bertz CT molecular complexity index is 883. The number of carbonyl (C=O) groups excluding carboxylic acids is 1. The number of nitrogens with zero attached hydrogens (tertiary/aromatic N) is 2. The van der Waals surface area contributed by atoms with E-state index in [2.05, 4.69) is 59.6 Å². The van der Waals surface area contributed by atoms with Crippen LogP contribution in [0, 0.1) is 13.1 Å². The van der Waals surface area contributed by atoms with E-state index in [1.165, 1.54) is 7.11 Å². The molecule has 0 saturated carbocycles. The third kappa shape index (κ3) is 9.10. The zero-order valence-electron chi connectivity index (χ0n) is 23.5. The minimum absolute atomic E-state index is 0.0727. The van der Waals surface area contributed by atoms with Crippen molar-refractivity contribution in [1.29, 1.82) is 0 Å². The summed E-state index contributed by atoms with van der Waals surface area (Å²) in [5, 5.41) is 8.93. The largest absolute Gasteiger partial charge is 0.469 e. The number of hydrogen-bond donors (Lipinski definition) is 1. The highest BCUT2D eigenvalue weighted by molar-refractivity contribution is 14.1. The summed E-state index contributed by atoms with van der Waals surface area (Å²) in [6, 6.07) is 0. The highest BCUT2D eigenvalue weighted by atomic mass is 127.